The third-order valence-electron chi connectivity index (χ3n) is 2.11. The Labute approximate surface area is 92.7 Å². The first kappa shape index (κ1) is 11.6. The lowest BCUT2D eigenvalue weighted by Gasteiger charge is -2.11. The normalized spacial score (nSPS) is 11.4. The molecule has 0 saturated carbocycles. The zero-order valence-electron chi connectivity index (χ0n) is 9.48. The van der Waals surface area contributed by atoms with Crippen LogP contribution in [0.2, 0.25) is 0 Å². The quantitative estimate of drug-likeness (QED) is 0.672. The molecule has 0 unspecified atom stereocenters. The number of anilines is 1. The highest BCUT2D eigenvalue weighted by Crippen LogP contribution is 2.12. The summed E-state index contributed by atoms with van der Waals surface area (Å²) in [4.78, 5) is 2.09. The maximum absolute atomic E-state index is 3.74. The molecule has 1 nitrogen and oxygen atoms in total. The smallest absolute Gasteiger partial charge is 0.0361 e. The monoisotopic (exact) mass is 200 g/mol. The SMILES string of the molecule is [CH2]CC=CC=Cc1ccc(N(C)C)cc1. The van der Waals surface area contributed by atoms with Gasteiger partial charge in [0.05, 0.1) is 0 Å². The molecule has 0 saturated heterocycles. The summed E-state index contributed by atoms with van der Waals surface area (Å²) in [6.45, 7) is 3.74. The molecule has 0 atom stereocenters. The molecule has 15 heavy (non-hydrogen) atoms. The summed E-state index contributed by atoms with van der Waals surface area (Å²) < 4.78 is 0. The number of hydrogen-bond acceptors (Lipinski definition) is 1. The summed E-state index contributed by atoms with van der Waals surface area (Å²) >= 11 is 0. The molecule has 1 aromatic carbocycles. The Kier molecular flexibility index (Phi) is 4.69. The van der Waals surface area contributed by atoms with E-state index >= 15 is 0 Å². The Balaban J connectivity index is 2.64. The van der Waals surface area contributed by atoms with E-state index < -0.39 is 0 Å². The molecule has 0 spiro atoms. The van der Waals surface area contributed by atoms with Crippen molar-refractivity contribution in [2.45, 2.75) is 6.42 Å². The second-order valence-corrected chi connectivity index (χ2v) is 3.56. The highest BCUT2D eigenvalue weighted by atomic mass is 15.1. The first-order chi connectivity index (χ1) is 7.24. The molecule has 0 amide bonds. The van der Waals surface area contributed by atoms with Crippen molar-refractivity contribution < 1.29 is 0 Å². The van der Waals surface area contributed by atoms with E-state index in [9.17, 15) is 0 Å². The Morgan fingerprint density at radius 2 is 1.80 bits per heavy atom. The minimum atomic E-state index is 0.837. The molecular formula is C14H18N. The highest BCUT2D eigenvalue weighted by molar-refractivity contribution is 5.56. The molecule has 1 rings (SSSR count). The van der Waals surface area contributed by atoms with E-state index in [4.69, 9.17) is 0 Å². The third kappa shape index (κ3) is 4.03. The van der Waals surface area contributed by atoms with Gasteiger partial charge in [-0.2, -0.15) is 0 Å². The molecule has 0 N–H and O–H groups in total. The van der Waals surface area contributed by atoms with E-state index in [1.807, 2.05) is 32.3 Å². The van der Waals surface area contributed by atoms with Crippen molar-refractivity contribution in [3.05, 3.63) is 55.0 Å². The third-order valence-corrected chi connectivity index (χ3v) is 2.11. The van der Waals surface area contributed by atoms with Gasteiger partial charge in [0.25, 0.3) is 0 Å². The number of allylic oxidation sites excluding steroid dienone is 3. The van der Waals surface area contributed by atoms with Crippen molar-refractivity contribution in [2.24, 2.45) is 0 Å². The second-order valence-electron chi connectivity index (χ2n) is 3.56. The van der Waals surface area contributed by atoms with Gasteiger partial charge in [-0.3, -0.25) is 0 Å². The van der Waals surface area contributed by atoms with Crippen LogP contribution in [-0.2, 0) is 0 Å². The largest absolute Gasteiger partial charge is 0.378 e. The van der Waals surface area contributed by atoms with Crippen molar-refractivity contribution >= 4 is 11.8 Å². The second kappa shape index (κ2) is 6.07. The molecule has 79 valence electrons. The molecule has 0 bridgehead atoms. The average Bonchev–Trinajstić information content (AvgIpc) is 2.25. The van der Waals surface area contributed by atoms with E-state index in [1.165, 1.54) is 11.3 Å². The van der Waals surface area contributed by atoms with Gasteiger partial charge in [0, 0.05) is 19.8 Å². The van der Waals surface area contributed by atoms with Crippen molar-refractivity contribution in [2.75, 3.05) is 19.0 Å². The van der Waals surface area contributed by atoms with Gasteiger partial charge in [-0.25, -0.2) is 0 Å². The van der Waals surface area contributed by atoms with Crippen LogP contribution in [0.3, 0.4) is 0 Å². The predicted molar refractivity (Wildman–Crippen MR) is 68.9 cm³/mol. The average molecular weight is 200 g/mol. The van der Waals surface area contributed by atoms with Gasteiger partial charge in [-0.15, -0.1) is 0 Å². The summed E-state index contributed by atoms with van der Waals surface area (Å²) in [5.74, 6) is 0. The topological polar surface area (TPSA) is 3.24 Å². The van der Waals surface area contributed by atoms with Crippen molar-refractivity contribution in [1.29, 1.82) is 0 Å². The Morgan fingerprint density at radius 1 is 1.13 bits per heavy atom. The molecule has 0 heterocycles. The molecule has 0 aliphatic rings. The molecular weight excluding hydrogens is 182 g/mol. The zero-order valence-corrected chi connectivity index (χ0v) is 9.48. The van der Waals surface area contributed by atoms with Crippen LogP contribution in [0.4, 0.5) is 5.69 Å². The maximum Gasteiger partial charge on any atom is 0.0361 e. The van der Waals surface area contributed by atoms with Gasteiger partial charge in [0.2, 0.25) is 0 Å². The fourth-order valence-electron chi connectivity index (χ4n) is 1.23. The number of hydrogen-bond donors (Lipinski definition) is 0. The lowest BCUT2D eigenvalue weighted by molar-refractivity contribution is 1.13. The maximum atomic E-state index is 3.74. The standard InChI is InChI=1S/C14H18N/c1-4-5-6-7-8-13-9-11-14(12-10-13)15(2)3/h5-12H,1,4H2,2-3H3. The number of nitrogens with zero attached hydrogens (tertiary/aromatic N) is 1. The van der Waals surface area contributed by atoms with Gasteiger partial charge >= 0.3 is 0 Å². The van der Waals surface area contributed by atoms with Gasteiger partial charge < -0.3 is 4.90 Å². The van der Waals surface area contributed by atoms with Crippen LogP contribution >= 0.6 is 0 Å². The zero-order chi connectivity index (χ0) is 11.1. The van der Waals surface area contributed by atoms with E-state index in [0.717, 1.165) is 6.42 Å². The van der Waals surface area contributed by atoms with Crippen LogP contribution in [0.5, 0.6) is 0 Å². The Hall–Kier alpha value is -1.50. The summed E-state index contributed by atoms with van der Waals surface area (Å²) in [5.41, 5.74) is 2.44. The van der Waals surface area contributed by atoms with Gasteiger partial charge in [0.1, 0.15) is 0 Å². The first-order valence-corrected chi connectivity index (χ1v) is 5.14. The lowest BCUT2D eigenvalue weighted by Crippen LogP contribution is -2.07. The first-order valence-electron chi connectivity index (χ1n) is 5.14. The van der Waals surface area contributed by atoms with Gasteiger partial charge in [-0.05, 0) is 31.0 Å². The minimum absolute atomic E-state index is 0.837. The molecule has 0 aromatic heterocycles. The van der Waals surface area contributed by atoms with Crippen molar-refractivity contribution in [3.8, 4) is 0 Å². The van der Waals surface area contributed by atoms with E-state index in [0.29, 0.717) is 0 Å². The van der Waals surface area contributed by atoms with E-state index in [2.05, 4.69) is 42.2 Å². The van der Waals surface area contributed by atoms with Crippen LogP contribution in [0.15, 0.2) is 42.5 Å². The molecule has 1 aromatic rings. The molecule has 0 aliphatic heterocycles. The molecule has 0 fully saturated rings. The summed E-state index contributed by atoms with van der Waals surface area (Å²) in [6, 6.07) is 8.46. The predicted octanol–water partition coefficient (Wildman–Crippen LogP) is 3.55. The number of rotatable bonds is 4. The van der Waals surface area contributed by atoms with Crippen molar-refractivity contribution in [1.82, 2.24) is 0 Å². The highest BCUT2D eigenvalue weighted by Gasteiger charge is 1.92. The van der Waals surface area contributed by atoms with Crippen LogP contribution in [0.1, 0.15) is 12.0 Å². The summed E-state index contributed by atoms with van der Waals surface area (Å²) in [5, 5.41) is 0. The van der Waals surface area contributed by atoms with E-state index in [-0.39, 0.29) is 0 Å². The lowest BCUT2D eigenvalue weighted by atomic mass is 10.2. The van der Waals surface area contributed by atoms with Gasteiger partial charge in [-0.1, -0.05) is 36.4 Å². The fraction of sp³-hybridized carbons (Fsp3) is 0.214. The van der Waals surface area contributed by atoms with E-state index in [1.54, 1.807) is 0 Å². The minimum Gasteiger partial charge on any atom is -0.378 e. The van der Waals surface area contributed by atoms with Crippen LogP contribution in [0, 0.1) is 6.92 Å². The van der Waals surface area contributed by atoms with Crippen LogP contribution in [-0.4, -0.2) is 14.1 Å². The summed E-state index contributed by atoms with van der Waals surface area (Å²) in [6.07, 6.45) is 9.02. The van der Waals surface area contributed by atoms with Gasteiger partial charge in [0.15, 0.2) is 0 Å². The Bertz CT molecular complexity index is 331. The fourth-order valence-corrected chi connectivity index (χ4v) is 1.23. The molecule has 1 heteroatoms. The Morgan fingerprint density at radius 3 is 2.33 bits per heavy atom. The van der Waals surface area contributed by atoms with Crippen molar-refractivity contribution in [3.63, 3.8) is 0 Å². The van der Waals surface area contributed by atoms with Crippen LogP contribution < -0.4 is 4.90 Å². The molecule has 0 aliphatic carbocycles. The molecule has 1 radical (unpaired) electrons. The van der Waals surface area contributed by atoms with Crippen LogP contribution in [0.25, 0.3) is 6.08 Å². The number of benzene rings is 1. The summed E-state index contributed by atoms with van der Waals surface area (Å²) in [7, 11) is 4.09.